The highest BCUT2D eigenvalue weighted by Crippen LogP contribution is 2.33. The Balaban J connectivity index is 2.04. The van der Waals surface area contributed by atoms with Gasteiger partial charge in [-0.05, 0) is 17.2 Å². The van der Waals surface area contributed by atoms with Gasteiger partial charge in [0.1, 0.15) is 0 Å². The van der Waals surface area contributed by atoms with Gasteiger partial charge in [0.2, 0.25) is 0 Å². The zero-order chi connectivity index (χ0) is 12.4. The van der Waals surface area contributed by atoms with E-state index in [1.165, 1.54) is 16.8 Å². The highest BCUT2D eigenvalue weighted by Gasteiger charge is 2.24. The second-order valence-corrected chi connectivity index (χ2v) is 4.93. The third kappa shape index (κ3) is 2.04. The van der Waals surface area contributed by atoms with E-state index in [1.807, 2.05) is 0 Å². The molecule has 2 aromatic rings. The van der Waals surface area contributed by atoms with E-state index in [0.29, 0.717) is 0 Å². The van der Waals surface area contributed by atoms with E-state index in [0.717, 1.165) is 12.1 Å². The SMILES string of the molecule is BrCN1CNC(c2ccccc2)c2ccccc21. The summed E-state index contributed by atoms with van der Waals surface area (Å²) in [7, 11) is 0. The molecule has 3 heteroatoms. The molecule has 92 valence electrons. The first-order chi connectivity index (χ1) is 8.90. The van der Waals surface area contributed by atoms with Gasteiger partial charge in [0, 0.05) is 5.69 Å². The smallest absolute Gasteiger partial charge is 0.0748 e. The molecule has 1 heterocycles. The molecule has 0 saturated carbocycles. The molecular formula is C15H15BrN2. The Bertz CT molecular complexity index is 527. The summed E-state index contributed by atoms with van der Waals surface area (Å²) in [6.45, 7) is 0.863. The van der Waals surface area contributed by atoms with Gasteiger partial charge in [-0.1, -0.05) is 64.5 Å². The summed E-state index contributed by atoms with van der Waals surface area (Å²) in [5.74, 6) is 0. The quantitative estimate of drug-likeness (QED) is 0.675. The van der Waals surface area contributed by atoms with E-state index in [-0.39, 0.29) is 6.04 Å². The van der Waals surface area contributed by atoms with Crippen molar-refractivity contribution in [1.29, 1.82) is 0 Å². The van der Waals surface area contributed by atoms with Crippen molar-refractivity contribution in [2.75, 3.05) is 17.0 Å². The molecule has 0 amide bonds. The summed E-state index contributed by atoms with van der Waals surface area (Å²) < 4.78 is 0. The molecule has 0 aromatic heterocycles. The van der Waals surface area contributed by atoms with Gasteiger partial charge in [-0.2, -0.15) is 0 Å². The second kappa shape index (κ2) is 5.12. The number of halogens is 1. The molecule has 1 atom stereocenters. The number of rotatable bonds is 2. The summed E-state index contributed by atoms with van der Waals surface area (Å²) in [5, 5.41) is 3.59. The van der Waals surface area contributed by atoms with Gasteiger partial charge in [0.15, 0.2) is 0 Å². The Morgan fingerprint density at radius 3 is 2.56 bits per heavy atom. The van der Waals surface area contributed by atoms with Crippen LogP contribution in [0.4, 0.5) is 5.69 Å². The van der Waals surface area contributed by atoms with Crippen molar-refractivity contribution in [2.45, 2.75) is 6.04 Å². The van der Waals surface area contributed by atoms with Crippen LogP contribution < -0.4 is 10.2 Å². The van der Waals surface area contributed by atoms with Gasteiger partial charge in [-0.25, -0.2) is 0 Å². The van der Waals surface area contributed by atoms with Crippen LogP contribution in [-0.4, -0.2) is 12.1 Å². The Morgan fingerprint density at radius 2 is 1.78 bits per heavy atom. The fourth-order valence-corrected chi connectivity index (χ4v) is 2.91. The van der Waals surface area contributed by atoms with E-state index in [2.05, 4.69) is 80.7 Å². The molecule has 0 fully saturated rings. The zero-order valence-corrected chi connectivity index (χ0v) is 11.6. The van der Waals surface area contributed by atoms with E-state index >= 15 is 0 Å². The predicted molar refractivity (Wildman–Crippen MR) is 79.0 cm³/mol. The van der Waals surface area contributed by atoms with Crippen molar-refractivity contribution < 1.29 is 0 Å². The Morgan fingerprint density at radius 1 is 1.06 bits per heavy atom. The standard InChI is InChI=1S/C15H15BrN2/c16-10-18-11-17-15(12-6-2-1-3-7-12)13-8-4-5-9-14(13)18/h1-9,15,17H,10-11H2. The molecule has 0 radical (unpaired) electrons. The molecule has 18 heavy (non-hydrogen) atoms. The minimum atomic E-state index is 0.290. The number of hydrogen-bond acceptors (Lipinski definition) is 2. The maximum atomic E-state index is 3.59. The highest BCUT2D eigenvalue weighted by atomic mass is 79.9. The highest BCUT2D eigenvalue weighted by molar-refractivity contribution is 9.09. The summed E-state index contributed by atoms with van der Waals surface area (Å²) in [6.07, 6.45) is 0. The molecule has 0 aliphatic carbocycles. The fourth-order valence-electron chi connectivity index (χ4n) is 2.47. The van der Waals surface area contributed by atoms with Crippen LogP contribution in [0.25, 0.3) is 0 Å². The van der Waals surface area contributed by atoms with Gasteiger partial charge in [-0.15, -0.1) is 0 Å². The second-order valence-electron chi connectivity index (χ2n) is 4.42. The Labute approximate surface area is 116 Å². The van der Waals surface area contributed by atoms with Crippen LogP contribution in [-0.2, 0) is 0 Å². The maximum Gasteiger partial charge on any atom is 0.0748 e. The lowest BCUT2D eigenvalue weighted by Crippen LogP contribution is -2.41. The summed E-state index contributed by atoms with van der Waals surface area (Å²) in [5.41, 5.74) is 4.81. The summed E-state index contributed by atoms with van der Waals surface area (Å²) in [4.78, 5) is 2.29. The van der Waals surface area contributed by atoms with E-state index in [1.54, 1.807) is 0 Å². The first kappa shape index (κ1) is 11.8. The third-order valence-corrected chi connectivity index (χ3v) is 3.96. The molecule has 2 nitrogen and oxygen atoms in total. The van der Waals surface area contributed by atoms with Crippen molar-refractivity contribution in [3.05, 3.63) is 65.7 Å². The lowest BCUT2D eigenvalue weighted by atomic mass is 9.95. The van der Waals surface area contributed by atoms with Crippen LogP contribution in [0, 0.1) is 0 Å². The van der Waals surface area contributed by atoms with E-state index in [9.17, 15) is 0 Å². The molecule has 2 aromatic carbocycles. The number of anilines is 1. The number of alkyl halides is 1. The number of nitrogens with zero attached hydrogens (tertiary/aromatic N) is 1. The molecule has 1 aliphatic heterocycles. The average molecular weight is 303 g/mol. The van der Waals surface area contributed by atoms with Crippen LogP contribution in [0.5, 0.6) is 0 Å². The molecule has 1 N–H and O–H groups in total. The zero-order valence-electron chi connectivity index (χ0n) is 10.0. The topological polar surface area (TPSA) is 15.3 Å². The van der Waals surface area contributed by atoms with Crippen LogP contribution >= 0.6 is 15.9 Å². The van der Waals surface area contributed by atoms with Crippen molar-refractivity contribution in [2.24, 2.45) is 0 Å². The van der Waals surface area contributed by atoms with Crippen LogP contribution in [0.2, 0.25) is 0 Å². The largest absolute Gasteiger partial charge is 0.349 e. The summed E-state index contributed by atoms with van der Waals surface area (Å²) >= 11 is 3.54. The Kier molecular flexibility index (Phi) is 3.35. The minimum absolute atomic E-state index is 0.290. The Hall–Kier alpha value is -1.32. The normalized spacial score (nSPS) is 18.5. The molecule has 3 rings (SSSR count). The maximum absolute atomic E-state index is 3.59. The van der Waals surface area contributed by atoms with E-state index in [4.69, 9.17) is 0 Å². The van der Waals surface area contributed by atoms with Crippen molar-refractivity contribution in [1.82, 2.24) is 5.32 Å². The van der Waals surface area contributed by atoms with Gasteiger partial charge >= 0.3 is 0 Å². The number of fused-ring (bicyclic) bond motifs is 1. The lowest BCUT2D eigenvalue weighted by Gasteiger charge is -2.35. The van der Waals surface area contributed by atoms with Crippen LogP contribution in [0.1, 0.15) is 17.2 Å². The molecule has 0 spiro atoms. The third-order valence-electron chi connectivity index (χ3n) is 3.35. The number of para-hydroxylation sites is 1. The first-order valence-corrected chi connectivity index (χ1v) is 7.20. The summed E-state index contributed by atoms with van der Waals surface area (Å²) in [6, 6.07) is 19.5. The minimum Gasteiger partial charge on any atom is -0.349 e. The van der Waals surface area contributed by atoms with Gasteiger partial charge in [0.05, 0.1) is 18.2 Å². The average Bonchev–Trinajstić information content (AvgIpc) is 2.47. The monoisotopic (exact) mass is 302 g/mol. The van der Waals surface area contributed by atoms with Crippen LogP contribution in [0.15, 0.2) is 54.6 Å². The van der Waals surface area contributed by atoms with Crippen LogP contribution in [0.3, 0.4) is 0 Å². The lowest BCUT2D eigenvalue weighted by molar-refractivity contribution is 0.570. The molecule has 0 bridgehead atoms. The molecular weight excluding hydrogens is 288 g/mol. The fraction of sp³-hybridized carbons (Fsp3) is 0.200. The number of nitrogens with one attached hydrogen (secondary N) is 1. The number of benzene rings is 2. The van der Waals surface area contributed by atoms with Gasteiger partial charge in [-0.3, -0.25) is 5.32 Å². The predicted octanol–water partition coefficient (Wildman–Crippen LogP) is 3.50. The van der Waals surface area contributed by atoms with Crippen molar-refractivity contribution >= 4 is 21.6 Å². The van der Waals surface area contributed by atoms with Gasteiger partial charge in [0.25, 0.3) is 0 Å². The molecule has 1 aliphatic rings. The first-order valence-electron chi connectivity index (χ1n) is 6.08. The molecule has 0 saturated heterocycles. The van der Waals surface area contributed by atoms with Crippen molar-refractivity contribution in [3.8, 4) is 0 Å². The van der Waals surface area contributed by atoms with Gasteiger partial charge < -0.3 is 4.90 Å². The number of hydrogen-bond donors (Lipinski definition) is 1. The van der Waals surface area contributed by atoms with Crippen molar-refractivity contribution in [3.63, 3.8) is 0 Å². The van der Waals surface area contributed by atoms with E-state index < -0.39 is 0 Å². The molecule has 1 unspecified atom stereocenters.